The van der Waals surface area contributed by atoms with Crippen LogP contribution in [0.1, 0.15) is 99.3 Å². The quantitative estimate of drug-likeness (QED) is 0.248. The van der Waals surface area contributed by atoms with E-state index < -0.39 is 14.1 Å². The van der Waals surface area contributed by atoms with Crippen LogP contribution in [0, 0.1) is 35.5 Å². The molecule has 3 rings (SSSR count). The Labute approximate surface area is 199 Å². The number of rotatable bonds is 9. The van der Waals surface area contributed by atoms with E-state index >= 15 is 0 Å². The summed E-state index contributed by atoms with van der Waals surface area (Å²) in [4.78, 5) is 0. The van der Waals surface area contributed by atoms with Crippen molar-refractivity contribution >= 4 is 14.1 Å². The monoisotopic (exact) mass is 438 g/mol. The van der Waals surface area contributed by atoms with Gasteiger partial charge in [-0.25, -0.2) is 0 Å². The average Bonchev–Trinajstić information content (AvgIpc) is 2.75. The minimum absolute atomic E-state index is 0.790. The third-order valence-corrected chi connectivity index (χ3v) is 13.2. The Hall–Kier alpha value is -0.248. The van der Waals surface area contributed by atoms with Crippen LogP contribution in [0.15, 0.2) is 34.9 Å². The average molecular weight is 439 g/mol. The fourth-order valence-electron chi connectivity index (χ4n) is 6.54. The van der Waals surface area contributed by atoms with Crippen LogP contribution in [0.5, 0.6) is 0 Å². The highest BCUT2D eigenvalue weighted by Crippen LogP contribution is 2.37. The Bertz CT molecular complexity index is 563. The highest BCUT2D eigenvalue weighted by atomic mass is 27.2. The van der Waals surface area contributed by atoms with Crippen molar-refractivity contribution in [2.24, 2.45) is 35.5 Å². The van der Waals surface area contributed by atoms with Crippen molar-refractivity contribution in [3.05, 3.63) is 34.9 Å². The molecule has 0 N–H and O–H groups in total. The molecule has 6 unspecified atom stereocenters. The minimum Gasteiger partial charge on any atom is -0.0875 e. The molecule has 0 aliphatic heterocycles. The van der Waals surface area contributed by atoms with E-state index in [4.69, 9.17) is 0 Å². The van der Waals surface area contributed by atoms with Crippen molar-refractivity contribution in [2.75, 3.05) is 0 Å². The maximum absolute atomic E-state index is 2.63. The number of hydrogen-bond acceptors (Lipinski definition) is 0. The second kappa shape index (κ2) is 12.3. The van der Waals surface area contributed by atoms with Crippen molar-refractivity contribution in [3.8, 4) is 0 Å². The van der Waals surface area contributed by atoms with Crippen molar-refractivity contribution < 1.29 is 0 Å². The molecule has 0 saturated carbocycles. The molecule has 0 radical (unpaired) electrons. The van der Waals surface area contributed by atoms with Gasteiger partial charge in [-0.05, 0) is 93.3 Å². The molecule has 0 aromatic heterocycles. The van der Waals surface area contributed by atoms with Crippen molar-refractivity contribution in [1.29, 1.82) is 0 Å². The number of hydrogen-bond donors (Lipinski definition) is 0. The molecule has 3 aliphatic rings. The summed E-state index contributed by atoms with van der Waals surface area (Å²) in [6, 6.07) is 0. The van der Waals surface area contributed by atoms with E-state index in [1.54, 1.807) is 15.8 Å². The molecule has 6 atom stereocenters. The predicted octanol–water partition coefficient (Wildman–Crippen LogP) is 9.63. The maximum Gasteiger partial charge on any atom is 0.263 e. The molecule has 31 heavy (non-hydrogen) atoms. The Morgan fingerprint density at radius 1 is 0.613 bits per heavy atom. The van der Waals surface area contributed by atoms with Crippen LogP contribution in [-0.4, -0.2) is 14.1 Å². The molecular formula is C30H51Al. The third kappa shape index (κ3) is 7.93. The van der Waals surface area contributed by atoms with Crippen LogP contribution < -0.4 is 0 Å². The molecule has 0 nitrogen and oxygen atoms in total. The lowest BCUT2D eigenvalue weighted by Crippen LogP contribution is -2.25. The third-order valence-electron chi connectivity index (χ3n) is 9.08. The predicted molar refractivity (Wildman–Crippen MR) is 141 cm³/mol. The van der Waals surface area contributed by atoms with Gasteiger partial charge in [0, 0.05) is 0 Å². The lowest BCUT2D eigenvalue weighted by Gasteiger charge is -2.30. The van der Waals surface area contributed by atoms with E-state index in [-0.39, 0.29) is 0 Å². The molecule has 0 bridgehead atoms. The maximum atomic E-state index is 2.63. The molecule has 3 aliphatic carbocycles. The first-order valence-electron chi connectivity index (χ1n) is 13.9. The highest BCUT2D eigenvalue weighted by molar-refractivity contribution is 6.59. The summed E-state index contributed by atoms with van der Waals surface area (Å²) in [7, 11) is 0. The molecule has 0 aromatic rings. The zero-order chi connectivity index (χ0) is 22.4. The lowest BCUT2D eigenvalue weighted by molar-refractivity contribution is 0.482. The molecule has 1 heteroatoms. The Morgan fingerprint density at radius 3 is 1.13 bits per heavy atom. The van der Waals surface area contributed by atoms with Gasteiger partial charge in [-0.15, -0.1) is 0 Å². The van der Waals surface area contributed by atoms with Gasteiger partial charge in [0.05, 0.1) is 0 Å². The fraction of sp³-hybridized carbons (Fsp3) is 0.800. The van der Waals surface area contributed by atoms with E-state index in [0.29, 0.717) is 0 Å². The van der Waals surface area contributed by atoms with Gasteiger partial charge in [-0.2, -0.15) is 0 Å². The van der Waals surface area contributed by atoms with Gasteiger partial charge in [0.1, 0.15) is 0 Å². The fourth-order valence-corrected chi connectivity index (χ4v) is 11.0. The van der Waals surface area contributed by atoms with Crippen LogP contribution in [0.4, 0.5) is 0 Å². The first-order chi connectivity index (χ1) is 14.8. The van der Waals surface area contributed by atoms with Gasteiger partial charge >= 0.3 is 0 Å². The minimum atomic E-state index is -0.790. The normalized spacial score (nSPS) is 30.0. The second-order valence-corrected chi connectivity index (χ2v) is 15.4. The van der Waals surface area contributed by atoms with E-state index in [1.165, 1.54) is 57.8 Å². The van der Waals surface area contributed by atoms with Gasteiger partial charge < -0.3 is 0 Å². The summed E-state index contributed by atoms with van der Waals surface area (Å²) in [5.74, 6) is 5.23. The molecule has 0 heterocycles. The van der Waals surface area contributed by atoms with E-state index in [2.05, 4.69) is 59.8 Å². The summed E-state index contributed by atoms with van der Waals surface area (Å²) >= 11 is -0.790. The summed E-state index contributed by atoms with van der Waals surface area (Å²) in [6.07, 6.45) is 20.3. The van der Waals surface area contributed by atoms with E-state index in [1.807, 2.05) is 16.7 Å². The Morgan fingerprint density at radius 2 is 0.903 bits per heavy atom. The summed E-state index contributed by atoms with van der Waals surface area (Å²) < 4.78 is 0. The summed E-state index contributed by atoms with van der Waals surface area (Å²) in [5.41, 5.74) is 5.44. The standard InChI is InChI=1S/3C10H17.Al/c3*1-8(2)10-6-4-9(3)5-7-10;/h3*6,8-9H,1,4-5,7H2,2-3H3;. The summed E-state index contributed by atoms with van der Waals surface area (Å²) in [5, 5.41) is 4.63. The molecule has 0 saturated heterocycles. The molecule has 0 amide bonds. The first kappa shape index (κ1) is 25.4. The summed E-state index contributed by atoms with van der Waals surface area (Å²) in [6.45, 7) is 15.0. The van der Waals surface area contributed by atoms with Gasteiger partial charge in [0.25, 0.3) is 14.1 Å². The van der Waals surface area contributed by atoms with Crippen molar-refractivity contribution in [2.45, 2.75) is 115 Å². The zero-order valence-electron chi connectivity index (χ0n) is 21.8. The Balaban J connectivity index is 1.65. The molecule has 0 spiro atoms. The van der Waals surface area contributed by atoms with Gasteiger partial charge in [0.15, 0.2) is 0 Å². The molecule has 0 aromatic carbocycles. The zero-order valence-corrected chi connectivity index (χ0v) is 22.9. The smallest absolute Gasteiger partial charge is 0.0875 e. The Kier molecular flexibility index (Phi) is 10.1. The lowest BCUT2D eigenvalue weighted by atomic mass is 9.86. The van der Waals surface area contributed by atoms with E-state index in [0.717, 1.165) is 35.5 Å². The van der Waals surface area contributed by atoms with Crippen LogP contribution in [-0.2, 0) is 0 Å². The largest absolute Gasteiger partial charge is 0.263 e. The molecule has 174 valence electrons. The SMILES string of the molecule is CC1CC=C(C(C)[CH2][Al]([CH2]C(C)C2=CCC(C)CC2)[CH2]C(C)C2=CCC(C)CC2)CC1. The van der Waals surface area contributed by atoms with Crippen LogP contribution in [0.25, 0.3) is 0 Å². The number of allylic oxidation sites excluding steroid dienone is 6. The van der Waals surface area contributed by atoms with E-state index in [9.17, 15) is 0 Å². The van der Waals surface area contributed by atoms with Gasteiger partial charge in [-0.1, -0.05) is 92.3 Å². The topological polar surface area (TPSA) is 0 Å². The van der Waals surface area contributed by atoms with Gasteiger partial charge in [-0.3, -0.25) is 0 Å². The van der Waals surface area contributed by atoms with Crippen LogP contribution in [0.2, 0.25) is 15.8 Å². The van der Waals surface area contributed by atoms with Crippen molar-refractivity contribution in [3.63, 3.8) is 0 Å². The molecule has 0 fully saturated rings. The highest BCUT2D eigenvalue weighted by Gasteiger charge is 2.29. The first-order valence-corrected chi connectivity index (χ1v) is 16.3. The second-order valence-electron chi connectivity index (χ2n) is 12.3. The van der Waals surface area contributed by atoms with Crippen LogP contribution >= 0.6 is 0 Å². The molecular weight excluding hydrogens is 387 g/mol. The van der Waals surface area contributed by atoms with Crippen LogP contribution in [0.3, 0.4) is 0 Å². The van der Waals surface area contributed by atoms with Crippen molar-refractivity contribution in [1.82, 2.24) is 0 Å². The van der Waals surface area contributed by atoms with Gasteiger partial charge in [0.2, 0.25) is 0 Å².